The van der Waals surface area contributed by atoms with Crippen LogP contribution in [0.15, 0.2) is 72.8 Å². The molecule has 1 atom stereocenters. The fraction of sp³-hybridized carbons (Fsp3) is 0.286. The zero-order valence-corrected chi connectivity index (χ0v) is 24.7. The molecule has 3 aromatic carbocycles. The third-order valence-corrected chi connectivity index (χ3v) is 8.05. The topological polar surface area (TPSA) is 86.8 Å². The first-order chi connectivity index (χ1) is 18.5. The summed E-state index contributed by atoms with van der Waals surface area (Å²) in [5.74, 6) is -0.915. The van der Waals surface area contributed by atoms with Gasteiger partial charge in [-0.25, -0.2) is 8.42 Å². The lowest BCUT2D eigenvalue weighted by Crippen LogP contribution is -2.53. The first-order valence-electron chi connectivity index (χ1n) is 12.3. The Morgan fingerprint density at radius 2 is 1.62 bits per heavy atom. The summed E-state index contributed by atoms with van der Waals surface area (Å²) in [6, 6.07) is 19.6. The summed E-state index contributed by atoms with van der Waals surface area (Å²) >= 11 is 18.4. The number of sulfonamides is 1. The molecule has 0 aromatic heterocycles. The molecule has 0 bridgehead atoms. The molecular formula is C28H30Cl3N3O4S. The molecular weight excluding hydrogens is 581 g/mol. The van der Waals surface area contributed by atoms with Crippen molar-refractivity contribution in [3.8, 4) is 0 Å². The summed E-state index contributed by atoms with van der Waals surface area (Å²) in [5, 5.41) is 3.86. The number of carbonyl (C=O) groups is 2. The molecule has 39 heavy (non-hydrogen) atoms. The molecule has 7 nitrogen and oxygen atoms in total. The molecule has 1 N–H and O–H groups in total. The van der Waals surface area contributed by atoms with Crippen LogP contribution in [0.1, 0.15) is 24.5 Å². The van der Waals surface area contributed by atoms with Gasteiger partial charge in [0.05, 0.1) is 22.0 Å². The molecule has 0 aliphatic heterocycles. The molecule has 0 saturated carbocycles. The van der Waals surface area contributed by atoms with Gasteiger partial charge in [-0.15, -0.1) is 0 Å². The van der Waals surface area contributed by atoms with Crippen molar-refractivity contribution in [2.24, 2.45) is 0 Å². The Morgan fingerprint density at radius 1 is 0.897 bits per heavy atom. The molecule has 2 amide bonds. The van der Waals surface area contributed by atoms with Gasteiger partial charge in [0.15, 0.2) is 0 Å². The van der Waals surface area contributed by atoms with E-state index in [0.29, 0.717) is 33.6 Å². The van der Waals surface area contributed by atoms with E-state index in [-0.39, 0.29) is 24.6 Å². The molecule has 0 aliphatic carbocycles. The van der Waals surface area contributed by atoms with Crippen molar-refractivity contribution in [1.82, 2.24) is 10.2 Å². The Labute approximate surface area is 244 Å². The average Bonchev–Trinajstić information content (AvgIpc) is 2.89. The zero-order valence-electron chi connectivity index (χ0n) is 21.6. The molecule has 0 fully saturated rings. The number of benzene rings is 3. The Kier molecular flexibility index (Phi) is 11.1. The smallest absolute Gasteiger partial charge is 0.244 e. The van der Waals surface area contributed by atoms with E-state index < -0.39 is 28.5 Å². The van der Waals surface area contributed by atoms with Crippen LogP contribution in [0, 0.1) is 0 Å². The molecule has 3 aromatic rings. The van der Waals surface area contributed by atoms with Gasteiger partial charge in [-0.05, 0) is 47.9 Å². The number of anilines is 1. The van der Waals surface area contributed by atoms with E-state index >= 15 is 0 Å². The van der Waals surface area contributed by atoms with E-state index in [0.717, 1.165) is 16.1 Å². The third kappa shape index (κ3) is 8.86. The molecule has 0 spiro atoms. The lowest BCUT2D eigenvalue weighted by atomic mass is 10.0. The second-order valence-corrected chi connectivity index (χ2v) is 12.2. The first-order valence-corrected chi connectivity index (χ1v) is 15.3. The number of carbonyl (C=O) groups excluding carboxylic acids is 2. The Balaban J connectivity index is 2.06. The predicted molar refractivity (Wildman–Crippen MR) is 158 cm³/mol. The Hall–Kier alpha value is -2.78. The SMILES string of the molecule is CCCNC(=O)[C@@H](Cc1ccccc1)N(Cc1ccc(Cl)c(Cl)c1)C(=O)CN(c1cccc(Cl)c1)S(C)(=O)=O. The van der Waals surface area contributed by atoms with Crippen LogP contribution in [0.25, 0.3) is 0 Å². The summed E-state index contributed by atoms with van der Waals surface area (Å²) in [6.45, 7) is 1.82. The van der Waals surface area contributed by atoms with E-state index in [4.69, 9.17) is 34.8 Å². The van der Waals surface area contributed by atoms with Gasteiger partial charge in [0, 0.05) is 24.5 Å². The lowest BCUT2D eigenvalue weighted by molar-refractivity contribution is -0.140. The van der Waals surface area contributed by atoms with Crippen molar-refractivity contribution in [1.29, 1.82) is 0 Å². The number of nitrogens with one attached hydrogen (secondary N) is 1. The molecule has 0 aliphatic rings. The molecule has 11 heteroatoms. The number of rotatable bonds is 12. The van der Waals surface area contributed by atoms with Crippen LogP contribution in [0.2, 0.25) is 15.1 Å². The quantitative estimate of drug-likeness (QED) is 0.290. The maximum atomic E-state index is 14.0. The molecule has 3 rings (SSSR count). The highest BCUT2D eigenvalue weighted by Crippen LogP contribution is 2.26. The maximum Gasteiger partial charge on any atom is 0.244 e. The van der Waals surface area contributed by atoms with Crippen molar-refractivity contribution in [2.75, 3.05) is 23.7 Å². The number of nitrogens with zero attached hydrogens (tertiary/aromatic N) is 2. The highest BCUT2D eigenvalue weighted by Gasteiger charge is 2.33. The van der Waals surface area contributed by atoms with Crippen molar-refractivity contribution < 1.29 is 18.0 Å². The van der Waals surface area contributed by atoms with Gasteiger partial charge in [0.25, 0.3) is 0 Å². The minimum absolute atomic E-state index is 0.0000841. The van der Waals surface area contributed by atoms with Gasteiger partial charge in [0.1, 0.15) is 12.6 Å². The fourth-order valence-corrected chi connectivity index (χ4v) is 5.35. The summed E-state index contributed by atoms with van der Waals surface area (Å²) in [6.07, 6.45) is 1.94. The summed E-state index contributed by atoms with van der Waals surface area (Å²) in [5.41, 5.74) is 1.71. The van der Waals surface area contributed by atoms with Crippen LogP contribution in [0.4, 0.5) is 5.69 Å². The predicted octanol–water partition coefficient (Wildman–Crippen LogP) is 5.58. The molecule has 0 unspecified atom stereocenters. The normalized spacial score (nSPS) is 12.0. The Morgan fingerprint density at radius 3 is 2.23 bits per heavy atom. The summed E-state index contributed by atoms with van der Waals surface area (Å²) in [7, 11) is -3.88. The second-order valence-electron chi connectivity index (χ2n) is 9.02. The van der Waals surface area contributed by atoms with Crippen molar-refractivity contribution in [3.63, 3.8) is 0 Å². The van der Waals surface area contributed by atoms with E-state index in [9.17, 15) is 18.0 Å². The van der Waals surface area contributed by atoms with Crippen molar-refractivity contribution in [3.05, 3.63) is 99.0 Å². The zero-order chi connectivity index (χ0) is 28.6. The van der Waals surface area contributed by atoms with Crippen LogP contribution in [-0.2, 0) is 32.6 Å². The van der Waals surface area contributed by atoms with Crippen LogP contribution in [-0.4, -0.2) is 50.5 Å². The molecule has 0 saturated heterocycles. The van der Waals surface area contributed by atoms with Gasteiger partial charge in [0.2, 0.25) is 21.8 Å². The third-order valence-electron chi connectivity index (χ3n) is 5.93. The van der Waals surface area contributed by atoms with Gasteiger partial charge < -0.3 is 10.2 Å². The van der Waals surface area contributed by atoms with Crippen LogP contribution < -0.4 is 9.62 Å². The number of halogens is 3. The Bertz CT molecular complexity index is 1400. The highest BCUT2D eigenvalue weighted by molar-refractivity contribution is 7.92. The number of amides is 2. The van der Waals surface area contributed by atoms with Gasteiger partial charge in [-0.1, -0.05) is 84.2 Å². The van der Waals surface area contributed by atoms with Crippen molar-refractivity contribution >= 4 is 62.3 Å². The van der Waals surface area contributed by atoms with Gasteiger partial charge in [-0.2, -0.15) is 0 Å². The second kappa shape index (κ2) is 14.0. The minimum atomic E-state index is -3.88. The van der Waals surface area contributed by atoms with Crippen molar-refractivity contribution in [2.45, 2.75) is 32.4 Å². The number of hydrogen-bond donors (Lipinski definition) is 1. The number of hydrogen-bond acceptors (Lipinski definition) is 4. The fourth-order valence-electron chi connectivity index (χ4n) is 4.00. The van der Waals surface area contributed by atoms with E-state index in [1.807, 2.05) is 37.3 Å². The lowest BCUT2D eigenvalue weighted by Gasteiger charge is -2.33. The maximum absolute atomic E-state index is 14.0. The highest BCUT2D eigenvalue weighted by atomic mass is 35.5. The standard InChI is InChI=1S/C28H30Cl3N3O4S/c1-3-14-32-28(36)26(16-20-8-5-4-6-9-20)33(18-21-12-13-24(30)25(31)15-21)27(35)19-34(39(2,37)38)23-11-7-10-22(29)17-23/h4-13,15,17,26H,3,14,16,18-19H2,1-2H3,(H,32,36)/t26-/m1/s1. The molecule has 0 heterocycles. The molecule has 208 valence electrons. The van der Waals surface area contributed by atoms with Gasteiger partial charge >= 0.3 is 0 Å². The van der Waals surface area contributed by atoms with Gasteiger partial charge in [-0.3, -0.25) is 13.9 Å². The van der Waals surface area contributed by atoms with Crippen LogP contribution in [0.5, 0.6) is 0 Å². The first kappa shape index (κ1) is 30.8. The largest absolute Gasteiger partial charge is 0.354 e. The van der Waals surface area contributed by atoms with E-state index in [1.165, 1.54) is 11.0 Å². The summed E-state index contributed by atoms with van der Waals surface area (Å²) < 4.78 is 26.5. The molecule has 0 radical (unpaired) electrons. The van der Waals surface area contributed by atoms with E-state index in [1.54, 1.807) is 36.4 Å². The summed E-state index contributed by atoms with van der Waals surface area (Å²) in [4.78, 5) is 28.8. The van der Waals surface area contributed by atoms with Crippen LogP contribution in [0.3, 0.4) is 0 Å². The van der Waals surface area contributed by atoms with Crippen LogP contribution >= 0.6 is 34.8 Å². The van der Waals surface area contributed by atoms with E-state index in [2.05, 4.69) is 5.32 Å². The minimum Gasteiger partial charge on any atom is -0.354 e. The average molecular weight is 611 g/mol. The monoisotopic (exact) mass is 609 g/mol.